The first-order chi connectivity index (χ1) is 7.78. The van der Waals surface area contributed by atoms with E-state index in [4.69, 9.17) is 14.2 Å². The molecule has 0 bridgehead atoms. The van der Waals surface area contributed by atoms with Gasteiger partial charge in [0, 0.05) is 0 Å². The van der Waals surface area contributed by atoms with Crippen LogP contribution in [0.25, 0.3) is 0 Å². The van der Waals surface area contributed by atoms with E-state index in [0.717, 1.165) is 11.3 Å². The van der Waals surface area contributed by atoms with Gasteiger partial charge in [0.1, 0.15) is 12.4 Å². The standard InChI is InChI=1S/C12H14O4/c1-14-10-4-2-9(3-5-10)7-16-12(13)6-11-8-15-11/h2-5,11H,6-8H2,1H3. The molecule has 1 fully saturated rings. The first kappa shape index (κ1) is 11.0. The van der Waals surface area contributed by atoms with Crippen LogP contribution < -0.4 is 4.74 Å². The van der Waals surface area contributed by atoms with Crippen LogP contribution in [-0.4, -0.2) is 25.8 Å². The molecule has 0 radical (unpaired) electrons. The second kappa shape index (κ2) is 4.99. The van der Waals surface area contributed by atoms with Crippen molar-refractivity contribution in [2.24, 2.45) is 0 Å². The summed E-state index contributed by atoms with van der Waals surface area (Å²) in [7, 11) is 1.62. The van der Waals surface area contributed by atoms with Crippen molar-refractivity contribution in [3.8, 4) is 5.75 Å². The van der Waals surface area contributed by atoms with Crippen LogP contribution in [0.1, 0.15) is 12.0 Å². The number of benzene rings is 1. The maximum atomic E-state index is 11.3. The lowest BCUT2D eigenvalue weighted by Gasteiger charge is -2.05. The first-order valence-electron chi connectivity index (χ1n) is 5.18. The summed E-state index contributed by atoms with van der Waals surface area (Å²) in [6, 6.07) is 7.43. The van der Waals surface area contributed by atoms with E-state index in [1.807, 2.05) is 24.3 Å². The van der Waals surface area contributed by atoms with Crippen molar-refractivity contribution in [1.29, 1.82) is 0 Å². The molecule has 1 aromatic rings. The number of esters is 1. The Kier molecular flexibility index (Phi) is 3.41. The molecule has 1 heterocycles. The molecule has 0 N–H and O–H groups in total. The Balaban J connectivity index is 1.76. The van der Waals surface area contributed by atoms with Crippen LogP contribution in [-0.2, 0) is 20.9 Å². The largest absolute Gasteiger partial charge is 0.497 e. The lowest BCUT2D eigenvalue weighted by atomic mass is 10.2. The number of epoxide rings is 1. The van der Waals surface area contributed by atoms with Crippen molar-refractivity contribution in [2.45, 2.75) is 19.1 Å². The topological polar surface area (TPSA) is 48.1 Å². The van der Waals surface area contributed by atoms with Gasteiger partial charge in [-0.15, -0.1) is 0 Å². The summed E-state index contributed by atoms with van der Waals surface area (Å²) in [4.78, 5) is 11.3. The Hall–Kier alpha value is -1.55. The van der Waals surface area contributed by atoms with Gasteiger partial charge < -0.3 is 14.2 Å². The molecular formula is C12H14O4. The predicted octanol–water partition coefficient (Wildman–Crippen LogP) is 1.53. The summed E-state index contributed by atoms with van der Waals surface area (Å²) >= 11 is 0. The molecule has 0 aromatic heterocycles. The predicted molar refractivity (Wildman–Crippen MR) is 57.1 cm³/mol. The minimum Gasteiger partial charge on any atom is -0.497 e. The van der Waals surface area contributed by atoms with Crippen LogP contribution in [0.5, 0.6) is 5.75 Å². The number of ether oxygens (including phenoxy) is 3. The van der Waals surface area contributed by atoms with Crippen LogP contribution >= 0.6 is 0 Å². The van der Waals surface area contributed by atoms with E-state index in [0.29, 0.717) is 19.6 Å². The highest BCUT2D eigenvalue weighted by molar-refractivity contribution is 5.70. The first-order valence-corrected chi connectivity index (χ1v) is 5.18. The summed E-state index contributed by atoms with van der Waals surface area (Å²) in [5.41, 5.74) is 0.950. The third-order valence-corrected chi connectivity index (χ3v) is 2.36. The highest BCUT2D eigenvalue weighted by Gasteiger charge is 2.26. The second-order valence-corrected chi connectivity index (χ2v) is 3.67. The lowest BCUT2D eigenvalue weighted by molar-refractivity contribution is -0.145. The highest BCUT2D eigenvalue weighted by Crippen LogP contribution is 2.15. The quantitative estimate of drug-likeness (QED) is 0.560. The summed E-state index contributed by atoms with van der Waals surface area (Å²) in [6.07, 6.45) is 0.444. The van der Waals surface area contributed by atoms with Crippen molar-refractivity contribution in [2.75, 3.05) is 13.7 Å². The molecule has 1 aliphatic rings. The van der Waals surface area contributed by atoms with E-state index in [2.05, 4.69) is 0 Å². The van der Waals surface area contributed by atoms with Crippen LogP contribution in [0.2, 0.25) is 0 Å². The molecule has 4 nitrogen and oxygen atoms in total. The molecule has 0 amide bonds. The van der Waals surface area contributed by atoms with Gasteiger partial charge in [-0.2, -0.15) is 0 Å². The zero-order valence-electron chi connectivity index (χ0n) is 9.14. The number of methoxy groups -OCH3 is 1. The van der Waals surface area contributed by atoms with Crippen LogP contribution in [0.15, 0.2) is 24.3 Å². The minimum atomic E-state index is -0.210. The smallest absolute Gasteiger partial charge is 0.308 e. The maximum absolute atomic E-state index is 11.3. The average molecular weight is 222 g/mol. The number of hydrogen-bond acceptors (Lipinski definition) is 4. The number of hydrogen-bond donors (Lipinski definition) is 0. The monoisotopic (exact) mass is 222 g/mol. The van der Waals surface area contributed by atoms with Gasteiger partial charge in [0.25, 0.3) is 0 Å². The second-order valence-electron chi connectivity index (χ2n) is 3.67. The molecule has 16 heavy (non-hydrogen) atoms. The van der Waals surface area contributed by atoms with E-state index in [9.17, 15) is 4.79 Å². The van der Waals surface area contributed by atoms with Crippen molar-refractivity contribution in [3.63, 3.8) is 0 Å². The number of rotatable bonds is 5. The molecule has 0 aliphatic carbocycles. The third-order valence-electron chi connectivity index (χ3n) is 2.36. The van der Waals surface area contributed by atoms with Gasteiger partial charge in [-0.1, -0.05) is 12.1 Å². The van der Waals surface area contributed by atoms with Gasteiger partial charge in [0.15, 0.2) is 0 Å². The van der Waals surface area contributed by atoms with Crippen molar-refractivity contribution in [1.82, 2.24) is 0 Å². The van der Waals surface area contributed by atoms with Gasteiger partial charge >= 0.3 is 5.97 Å². The SMILES string of the molecule is COc1ccc(COC(=O)CC2CO2)cc1. The van der Waals surface area contributed by atoms with Gasteiger partial charge in [0.2, 0.25) is 0 Å². The summed E-state index contributed by atoms with van der Waals surface area (Å²) in [5.74, 6) is 0.583. The molecule has 2 rings (SSSR count). The third kappa shape index (κ3) is 3.24. The van der Waals surface area contributed by atoms with Crippen LogP contribution in [0.4, 0.5) is 0 Å². The van der Waals surface area contributed by atoms with E-state index >= 15 is 0 Å². The fourth-order valence-corrected chi connectivity index (χ4v) is 1.32. The average Bonchev–Trinajstić information content (AvgIpc) is 3.11. The molecular weight excluding hydrogens is 208 g/mol. The molecule has 1 saturated heterocycles. The molecule has 1 aliphatic heterocycles. The molecule has 0 spiro atoms. The van der Waals surface area contributed by atoms with E-state index in [1.54, 1.807) is 7.11 Å². The highest BCUT2D eigenvalue weighted by atomic mass is 16.6. The van der Waals surface area contributed by atoms with Crippen LogP contribution in [0.3, 0.4) is 0 Å². The van der Waals surface area contributed by atoms with Crippen molar-refractivity contribution in [3.05, 3.63) is 29.8 Å². The summed E-state index contributed by atoms with van der Waals surface area (Å²) in [6.45, 7) is 0.979. The molecule has 1 aromatic carbocycles. The number of carbonyl (C=O) groups is 1. The fraction of sp³-hybridized carbons (Fsp3) is 0.417. The molecule has 1 unspecified atom stereocenters. The molecule has 4 heteroatoms. The van der Waals surface area contributed by atoms with E-state index in [-0.39, 0.29) is 12.1 Å². The Morgan fingerprint density at radius 2 is 2.12 bits per heavy atom. The molecule has 86 valence electrons. The number of carbonyl (C=O) groups excluding carboxylic acids is 1. The van der Waals surface area contributed by atoms with E-state index < -0.39 is 0 Å². The zero-order valence-corrected chi connectivity index (χ0v) is 9.14. The Morgan fingerprint density at radius 3 is 2.69 bits per heavy atom. The summed E-state index contributed by atoms with van der Waals surface area (Å²) < 4.78 is 15.1. The Labute approximate surface area is 94.1 Å². The lowest BCUT2D eigenvalue weighted by Crippen LogP contribution is -2.07. The van der Waals surface area contributed by atoms with Crippen molar-refractivity contribution >= 4 is 5.97 Å². The Bertz CT molecular complexity index is 354. The van der Waals surface area contributed by atoms with Gasteiger partial charge in [-0.25, -0.2) is 0 Å². The summed E-state index contributed by atoms with van der Waals surface area (Å²) in [5, 5.41) is 0. The van der Waals surface area contributed by atoms with Gasteiger partial charge in [-0.3, -0.25) is 4.79 Å². The maximum Gasteiger partial charge on any atom is 0.308 e. The molecule has 0 saturated carbocycles. The fourth-order valence-electron chi connectivity index (χ4n) is 1.32. The van der Waals surface area contributed by atoms with Gasteiger partial charge in [-0.05, 0) is 17.7 Å². The van der Waals surface area contributed by atoms with Gasteiger partial charge in [0.05, 0.1) is 26.2 Å². The van der Waals surface area contributed by atoms with Crippen LogP contribution in [0, 0.1) is 0 Å². The minimum absolute atomic E-state index is 0.0865. The molecule has 1 atom stereocenters. The zero-order chi connectivity index (χ0) is 11.4. The normalized spacial score (nSPS) is 17.9. The van der Waals surface area contributed by atoms with Crippen molar-refractivity contribution < 1.29 is 19.0 Å². The Morgan fingerprint density at radius 1 is 1.44 bits per heavy atom. The van der Waals surface area contributed by atoms with E-state index in [1.165, 1.54) is 0 Å².